The molecule has 0 aliphatic heterocycles. The van der Waals surface area contributed by atoms with Gasteiger partial charge in [0.15, 0.2) is 0 Å². The van der Waals surface area contributed by atoms with Crippen LogP contribution in [0.15, 0.2) is 0 Å². The van der Waals surface area contributed by atoms with Crippen LogP contribution in [0.1, 0.15) is 27.7 Å². The third-order valence-electron chi connectivity index (χ3n) is 0. The first kappa shape index (κ1) is 29.7. The van der Waals surface area contributed by atoms with E-state index in [2.05, 4.69) is 41.5 Å². The van der Waals surface area contributed by atoms with E-state index in [1.807, 2.05) is 0 Å². The molecule has 0 saturated heterocycles. The van der Waals surface area contributed by atoms with E-state index in [4.69, 9.17) is 0 Å². The summed E-state index contributed by atoms with van der Waals surface area (Å²) < 4.78 is 0. The van der Waals surface area contributed by atoms with E-state index in [-0.39, 0.29) is 40.7 Å². The van der Waals surface area contributed by atoms with Gasteiger partial charge in [-0.05, 0) is 0 Å². The molecule has 0 spiro atoms. The number of hydrogen-bond acceptors (Lipinski definition) is 0. The van der Waals surface area contributed by atoms with Gasteiger partial charge in [0, 0.05) is 0 Å². The first-order chi connectivity index (χ1) is 3.46. The predicted octanol–water partition coefficient (Wildman–Crippen LogP) is 3.85. The van der Waals surface area contributed by atoms with Gasteiger partial charge in [-0.15, -0.1) is 0 Å². The second kappa shape index (κ2) is 22.4. The fourth-order valence-electron chi connectivity index (χ4n) is 0. The minimum atomic E-state index is 0. The normalized spacial score (nSPS) is 6.55. The Labute approximate surface area is 93.9 Å². The zero-order valence-corrected chi connectivity index (χ0v) is 12.7. The maximum Gasteiger partial charge on any atom is 4.00 e. The Hall–Kier alpha value is 0.870. The summed E-state index contributed by atoms with van der Waals surface area (Å²) in [5.41, 5.74) is 0. The molecule has 0 aromatic rings. The minimum absolute atomic E-state index is 0. The molecule has 0 heterocycles. The van der Waals surface area contributed by atoms with Crippen molar-refractivity contribution in [2.75, 3.05) is 0 Å². The van der Waals surface area contributed by atoms with Gasteiger partial charge in [0.05, 0.1) is 0 Å². The zero-order valence-electron chi connectivity index (χ0n) is 9.07. The van der Waals surface area contributed by atoms with Crippen LogP contribution in [0.3, 0.4) is 0 Å². The Balaban J connectivity index is -0.0000000171. The standard InChI is InChI=1S/2C4H9.2CH3.Hf/c2*1-4(2)3;;;/h2*4H,1H2,2-3H3;2*1H3;/q4*-1;+4. The molecule has 0 radical (unpaired) electrons. The van der Waals surface area contributed by atoms with Gasteiger partial charge in [-0.25, -0.2) is 0 Å². The Morgan fingerprint density at radius 3 is 0.727 bits per heavy atom. The van der Waals surface area contributed by atoms with Crippen molar-refractivity contribution in [3.05, 3.63) is 28.7 Å². The van der Waals surface area contributed by atoms with Gasteiger partial charge in [-0.2, -0.15) is 11.8 Å². The second-order valence-corrected chi connectivity index (χ2v) is 2.79. The Morgan fingerprint density at radius 2 is 0.727 bits per heavy atom. The van der Waals surface area contributed by atoms with Crippen molar-refractivity contribution < 1.29 is 25.8 Å². The molecule has 0 bridgehead atoms. The minimum Gasteiger partial charge on any atom is -0.358 e. The summed E-state index contributed by atoms with van der Waals surface area (Å²) in [5.74, 6) is 1.17. The van der Waals surface area contributed by atoms with Gasteiger partial charge in [0.2, 0.25) is 0 Å². The fourth-order valence-corrected chi connectivity index (χ4v) is 0. The first-order valence-corrected chi connectivity index (χ1v) is 3.13. The van der Waals surface area contributed by atoms with Gasteiger partial charge in [-0.3, -0.25) is 0 Å². The van der Waals surface area contributed by atoms with Crippen LogP contribution in [0.4, 0.5) is 0 Å². The molecule has 0 aromatic heterocycles. The molecule has 0 aromatic carbocycles. The van der Waals surface area contributed by atoms with Gasteiger partial charge < -0.3 is 28.7 Å². The van der Waals surface area contributed by atoms with E-state index in [9.17, 15) is 0 Å². The molecule has 0 atom stereocenters. The maximum absolute atomic E-state index is 3.64. The molecular weight excluding hydrogens is 299 g/mol. The molecule has 0 aliphatic carbocycles. The zero-order chi connectivity index (χ0) is 7.15. The monoisotopic (exact) mass is 324 g/mol. The fraction of sp³-hybridized carbons (Fsp3) is 0.600. The second-order valence-electron chi connectivity index (χ2n) is 2.79. The van der Waals surface area contributed by atoms with E-state index >= 15 is 0 Å². The van der Waals surface area contributed by atoms with E-state index in [1.54, 1.807) is 0 Å². The van der Waals surface area contributed by atoms with Crippen molar-refractivity contribution in [2.24, 2.45) is 11.8 Å². The molecule has 11 heavy (non-hydrogen) atoms. The Kier molecular flexibility index (Phi) is 60.6. The third kappa shape index (κ3) is 1130. The summed E-state index contributed by atoms with van der Waals surface area (Å²) in [6.07, 6.45) is 0. The largest absolute Gasteiger partial charge is 4.00 e. The number of rotatable bonds is 0. The van der Waals surface area contributed by atoms with Gasteiger partial charge >= 0.3 is 25.8 Å². The predicted molar refractivity (Wildman–Crippen MR) is 53.2 cm³/mol. The molecule has 0 N–H and O–H groups in total. The van der Waals surface area contributed by atoms with Crippen LogP contribution < -0.4 is 0 Å². The van der Waals surface area contributed by atoms with Crippen molar-refractivity contribution in [3.63, 3.8) is 0 Å². The summed E-state index contributed by atoms with van der Waals surface area (Å²) >= 11 is 0. The quantitative estimate of drug-likeness (QED) is 0.469. The van der Waals surface area contributed by atoms with Crippen molar-refractivity contribution in [1.29, 1.82) is 0 Å². The molecule has 1 heteroatoms. The maximum atomic E-state index is 3.64. The van der Waals surface area contributed by atoms with E-state index in [0.29, 0.717) is 11.8 Å². The van der Waals surface area contributed by atoms with Crippen molar-refractivity contribution in [2.45, 2.75) is 27.7 Å². The van der Waals surface area contributed by atoms with Crippen molar-refractivity contribution >= 4 is 0 Å². The molecule has 0 nitrogen and oxygen atoms in total. The summed E-state index contributed by atoms with van der Waals surface area (Å²) in [6.45, 7) is 15.5. The summed E-state index contributed by atoms with van der Waals surface area (Å²) in [7, 11) is 0. The van der Waals surface area contributed by atoms with E-state index < -0.39 is 0 Å². The first-order valence-electron chi connectivity index (χ1n) is 3.13. The van der Waals surface area contributed by atoms with Crippen LogP contribution >= 0.6 is 0 Å². The molecule has 0 unspecified atom stereocenters. The molecule has 0 amide bonds. The van der Waals surface area contributed by atoms with Crippen LogP contribution in [0.5, 0.6) is 0 Å². The molecule has 0 saturated carbocycles. The van der Waals surface area contributed by atoms with Crippen LogP contribution in [-0.2, 0) is 25.8 Å². The average Bonchev–Trinajstić information content (AvgIpc) is 1.25. The van der Waals surface area contributed by atoms with Crippen molar-refractivity contribution in [3.8, 4) is 0 Å². The Morgan fingerprint density at radius 1 is 0.727 bits per heavy atom. The van der Waals surface area contributed by atoms with Crippen LogP contribution in [0.2, 0.25) is 0 Å². The summed E-state index contributed by atoms with van der Waals surface area (Å²) in [4.78, 5) is 0. The van der Waals surface area contributed by atoms with Crippen LogP contribution in [0, 0.1) is 40.5 Å². The number of hydrogen-bond donors (Lipinski definition) is 0. The van der Waals surface area contributed by atoms with Crippen LogP contribution in [0.25, 0.3) is 0 Å². The van der Waals surface area contributed by atoms with Crippen LogP contribution in [-0.4, -0.2) is 0 Å². The van der Waals surface area contributed by atoms with E-state index in [0.717, 1.165) is 0 Å². The molecule has 0 aliphatic rings. The molecule has 0 fully saturated rings. The van der Waals surface area contributed by atoms with E-state index in [1.165, 1.54) is 0 Å². The Bertz CT molecular complexity index is 20.3. The molecule has 68 valence electrons. The molecular formula is C10H24Hf. The summed E-state index contributed by atoms with van der Waals surface area (Å²) in [5, 5.41) is 0. The third-order valence-corrected chi connectivity index (χ3v) is 0. The summed E-state index contributed by atoms with van der Waals surface area (Å²) in [6, 6.07) is 0. The molecule has 0 rings (SSSR count). The topological polar surface area (TPSA) is 0 Å². The van der Waals surface area contributed by atoms with Gasteiger partial charge in [0.1, 0.15) is 0 Å². The van der Waals surface area contributed by atoms with Gasteiger partial charge in [0.25, 0.3) is 0 Å². The smallest absolute Gasteiger partial charge is 0.358 e. The van der Waals surface area contributed by atoms with Gasteiger partial charge in [-0.1, -0.05) is 27.7 Å². The average molecular weight is 323 g/mol. The SMILES string of the molecule is [CH2-]C(C)C.[CH2-]C(C)C.[CH3-].[CH3-].[Hf+4]. The van der Waals surface area contributed by atoms with Crippen molar-refractivity contribution in [1.82, 2.24) is 0 Å².